The highest BCUT2D eigenvalue weighted by Gasteiger charge is 2.18. The van der Waals surface area contributed by atoms with E-state index in [1.54, 1.807) is 12.3 Å². The highest BCUT2D eigenvalue weighted by atomic mass is 32.1. The molecule has 4 aromatic rings. The monoisotopic (exact) mass is 551 g/mol. The van der Waals surface area contributed by atoms with Crippen molar-refractivity contribution in [1.29, 1.82) is 0 Å². The molecule has 0 spiro atoms. The number of nitrogens with zero attached hydrogens (tertiary/aromatic N) is 4. The van der Waals surface area contributed by atoms with E-state index in [1.807, 2.05) is 6.07 Å². The van der Waals surface area contributed by atoms with Crippen molar-refractivity contribution in [2.24, 2.45) is 0 Å². The van der Waals surface area contributed by atoms with Crippen molar-refractivity contribution in [3.63, 3.8) is 0 Å². The Morgan fingerprint density at radius 3 is 2.05 bits per heavy atom. The van der Waals surface area contributed by atoms with Crippen molar-refractivity contribution in [2.45, 2.75) is 31.9 Å². The first-order valence-corrected chi connectivity index (χ1v) is 13.0. The van der Waals surface area contributed by atoms with E-state index in [1.165, 1.54) is 34.3 Å². The summed E-state index contributed by atoms with van der Waals surface area (Å²) in [7, 11) is 0. The highest BCUT2D eigenvalue weighted by Crippen LogP contribution is 2.27. The van der Waals surface area contributed by atoms with Crippen LogP contribution in [0.5, 0.6) is 5.75 Å². The number of hydrogen-bond donors (Lipinski definition) is 2. The summed E-state index contributed by atoms with van der Waals surface area (Å²) in [4.78, 5) is 13.3. The third-order valence-electron chi connectivity index (χ3n) is 6.34. The van der Waals surface area contributed by atoms with Gasteiger partial charge >= 0.3 is 0 Å². The summed E-state index contributed by atoms with van der Waals surface area (Å²) in [6, 6.07) is 25.0. The summed E-state index contributed by atoms with van der Waals surface area (Å²) >= 11 is 4.38. The Bertz CT molecular complexity index is 1240. The number of anilines is 2. The van der Waals surface area contributed by atoms with Crippen LogP contribution in [0.25, 0.3) is 0 Å². The van der Waals surface area contributed by atoms with Gasteiger partial charge < -0.3 is 26.3 Å². The lowest BCUT2D eigenvalue weighted by Gasteiger charge is -2.36. The number of benzene rings is 3. The number of rotatable bonds is 6. The van der Waals surface area contributed by atoms with Crippen molar-refractivity contribution in [2.75, 3.05) is 36.8 Å². The molecule has 0 amide bonds. The third-order valence-corrected chi connectivity index (χ3v) is 6.64. The van der Waals surface area contributed by atoms with Gasteiger partial charge in [0.1, 0.15) is 24.5 Å². The number of thiol groups is 1. The van der Waals surface area contributed by atoms with Gasteiger partial charge in [0.2, 0.25) is 0 Å². The molecule has 39 heavy (non-hydrogen) atoms. The second-order valence-corrected chi connectivity index (χ2v) is 9.76. The summed E-state index contributed by atoms with van der Waals surface area (Å²) in [5.74, 6) is 1.52. The minimum atomic E-state index is 0. The Morgan fingerprint density at radius 2 is 1.51 bits per heavy atom. The van der Waals surface area contributed by atoms with Crippen LogP contribution >= 0.6 is 12.6 Å². The molecule has 8 nitrogen and oxygen atoms in total. The maximum Gasteiger partial charge on any atom is 0.126 e. The van der Waals surface area contributed by atoms with E-state index in [9.17, 15) is 0 Å². The fraction of sp³-hybridized carbons (Fsp3) is 0.267. The van der Waals surface area contributed by atoms with Crippen molar-refractivity contribution < 1.29 is 17.1 Å². The quantitative estimate of drug-likeness (QED) is 0.346. The maximum atomic E-state index is 6.14. The van der Waals surface area contributed by atoms with Crippen LogP contribution in [-0.4, -0.2) is 52.0 Å². The SMILES string of the molecule is Cc1cc(CN2CCN(c3ccc(S)cc3)CC2)cc(C)c1OCc1ccccc1.Nc1ccncn1.O.O.[HH]. The Labute approximate surface area is 238 Å². The lowest BCUT2D eigenvalue weighted by atomic mass is 10.0. The molecule has 5 rings (SSSR count). The number of nitrogens with two attached hydrogens (primary N) is 1. The number of ether oxygens (including phenoxy) is 1. The van der Waals surface area contributed by atoms with E-state index in [-0.39, 0.29) is 12.4 Å². The van der Waals surface area contributed by atoms with Crippen molar-refractivity contribution >= 4 is 24.1 Å². The average molecular weight is 552 g/mol. The van der Waals surface area contributed by atoms with E-state index in [2.05, 4.69) is 107 Å². The maximum absolute atomic E-state index is 6.14. The number of nitrogen functional groups attached to an aromatic ring is 1. The molecule has 1 aliphatic rings. The zero-order valence-corrected chi connectivity index (χ0v) is 23.4. The van der Waals surface area contributed by atoms with Gasteiger partial charge in [0.15, 0.2) is 0 Å². The molecule has 2 heterocycles. The number of aromatic nitrogens is 2. The fourth-order valence-electron chi connectivity index (χ4n) is 4.48. The molecule has 1 aromatic heterocycles. The first-order valence-electron chi connectivity index (χ1n) is 12.5. The smallest absolute Gasteiger partial charge is 0.126 e. The van der Waals surface area contributed by atoms with Crippen LogP contribution in [0.15, 0.2) is 90.2 Å². The summed E-state index contributed by atoms with van der Waals surface area (Å²) < 4.78 is 6.14. The largest absolute Gasteiger partial charge is 0.488 e. The van der Waals surface area contributed by atoms with Crippen LogP contribution < -0.4 is 15.4 Å². The van der Waals surface area contributed by atoms with Gasteiger partial charge in [-0.05, 0) is 66.4 Å². The second kappa shape index (κ2) is 15.7. The second-order valence-electron chi connectivity index (χ2n) is 9.25. The molecule has 0 aliphatic carbocycles. The summed E-state index contributed by atoms with van der Waals surface area (Å²) in [6.07, 6.45) is 3.01. The first kappa shape index (κ1) is 31.6. The summed E-state index contributed by atoms with van der Waals surface area (Å²) in [5, 5.41) is 0. The molecular formula is C30H41N5O3S. The predicted molar refractivity (Wildman–Crippen MR) is 164 cm³/mol. The van der Waals surface area contributed by atoms with Crippen LogP contribution in [0.4, 0.5) is 11.5 Å². The first-order chi connectivity index (χ1) is 18.0. The minimum absolute atomic E-state index is 0. The summed E-state index contributed by atoms with van der Waals surface area (Å²) in [6.45, 7) is 10.2. The van der Waals surface area contributed by atoms with E-state index < -0.39 is 0 Å². The topological polar surface area (TPSA) is 131 Å². The number of piperazine rings is 1. The van der Waals surface area contributed by atoms with E-state index in [0.717, 1.165) is 43.4 Å². The normalized spacial score (nSPS) is 12.8. The van der Waals surface area contributed by atoms with Crippen LogP contribution in [0.2, 0.25) is 0 Å². The molecule has 0 radical (unpaired) electrons. The lowest BCUT2D eigenvalue weighted by Crippen LogP contribution is -2.45. The van der Waals surface area contributed by atoms with Gasteiger partial charge in [-0.2, -0.15) is 0 Å². The molecule has 0 bridgehead atoms. The molecule has 210 valence electrons. The zero-order chi connectivity index (χ0) is 26.0. The molecule has 1 aliphatic heterocycles. The van der Waals surface area contributed by atoms with Gasteiger partial charge in [-0.25, -0.2) is 9.97 Å². The van der Waals surface area contributed by atoms with Gasteiger partial charge in [0, 0.05) is 50.9 Å². The fourth-order valence-corrected chi connectivity index (χ4v) is 4.62. The third kappa shape index (κ3) is 9.56. The van der Waals surface area contributed by atoms with Crippen LogP contribution in [0.3, 0.4) is 0 Å². The van der Waals surface area contributed by atoms with Gasteiger partial charge in [0.25, 0.3) is 0 Å². The lowest BCUT2D eigenvalue weighted by molar-refractivity contribution is 0.249. The zero-order valence-electron chi connectivity index (χ0n) is 22.5. The van der Waals surface area contributed by atoms with Gasteiger partial charge in [0.05, 0.1) is 0 Å². The number of aryl methyl sites for hydroxylation is 2. The Kier molecular flexibility index (Phi) is 12.7. The molecule has 0 saturated carbocycles. The molecule has 0 atom stereocenters. The highest BCUT2D eigenvalue weighted by molar-refractivity contribution is 7.80. The number of hydrogen-bond acceptors (Lipinski definition) is 7. The Hall–Kier alpha value is -3.63. The van der Waals surface area contributed by atoms with Crippen LogP contribution in [0.1, 0.15) is 23.7 Å². The van der Waals surface area contributed by atoms with Crippen molar-refractivity contribution in [3.8, 4) is 5.75 Å². The molecule has 1 saturated heterocycles. The Balaban J connectivity index is 0.000000702. The van der Waals surface area contributed by atoms with Gasteiger partial charge in [-0.15, -0.1) is 12.6 Å². The molecule has 6 N–H and O–H groups in total. The molecule has 9 heteroatoms. The van der Waals surface area contributed by atoms with Crippen molar-refractivity contribution in [1.82, 2.24) is 14.9 Å². The van der Waals surface area contributed by atoms with Crippen molar-refractivity contribution in [3.05, 3.63) is 108 Å². The van der Waals surface area contributed by atoms with E-state index in [0.29, 0.717) is 12.4 Å². The molecular weight excluding hydrogens is 510 g/mol. The average Bonchev–Trinajstić information content (AvgIpc) is 2.91. The standard InChI is InChI=1S/C26H30N2OS.C4H5N3.2H2O.H2/c1-20-16-23(17-21(2)26(20)29-19-22-6-4-3-5-7-22)18-27-12-14-28(15-13-27)24-8-10-25(30)11-9-24;5-4-1-2-6-3-7-4;;;/h3-11,16-17,30H,12-15,18-19H2,1-2H3;1-3H,(H2,5,6,7);2*1H2;1H. The van der Waals surface area contributed by atoms with E-state index in [4.69, 9.17) is 10.5 Å². The molecule has 0 unspecified atom stereocenters. The minimum Gasteiger partial charge on any atom is -0.488 e. The van der Waals surface area contributed by atoms with Gasteiger partial charge in [-0.3, -0.25) is 4.90 Å². The summed E-state index contributed by atoms with van der Waals surface area (Å²) in [5.41, 5.74) is 11.5. The predicted octanol–water partition coefficient (Wildman–Crippen LogP) is 4.15. The van der Waals surface area contributed by atoms with E-state index >= 15 is 0 Å². The molecule has 1 fully saturated rings. The molecule has 3 aromatic carbocycles. The Morgan fingerprint density at radius 1 is 0.872 bits per heavy atom. The van der Waals surface area contributed by atoms with Crippen LogP contribution in [0, 0.1) is 13.8 Å². The van der Waals surface area contributed by atoms with Gasteiger partial charge in [-0.1, -0.05) is 42.5 Å². The van der Waals surface area contributed by atoms with Crippen LogP contribution in [-0.2, 0) is 13.2 Å².